The fourth-order valence-corrected chi connectivity index (χ4v) is 3.41. The number of likely N-dealkylation sites (tertiary alicyclic amines) is 1. The van der Waals surface area contributed by atoms with E-state index in [1.54, 1.807) is 16.5 Å². The summed E-state index contributed by atoms with van der Waals surface area (Å²) in [6.07, 6.45) is -2.40. The van der Waals surface area contributed by atoms with Gasteiger partial charge < -0.3 is 19.7 Å². The van der Waals surface area contributed by atoms with Crippen molar-refractivity contribution in [3.63, 3.8) is 0 Å². The zero-order valence-electron chi connectivity index (χ0n) is 15.7. The summed E-state index contributed by atoms with van der Waals surface area (Å²) in [7, 11) is 5.73. The maximum atomic E-state index is 12.9. The van der Waals surface area contributed by atoms with Gasteiger partial charge in [0.15, 0.2) is 0 Å². The molecule has 1 fully saturated rings. The van der Waals surface area contributed by atoms with E-state index < -0.39 is 11.7 Å². The molecule has 1 aromatic heterocycles. The number of fused-ring (bicyclic) bond motifs is 1. The molecule has 1 N–H and O–H groups in total. The molecule has 1 aliphatic heterocycles. The molecule has 6 nitrogen and oxygen atoms in total. The summed E-state index contributed by atoms with van der Waals surface area (Å²) < 4.78 is 40.3. The van der Waals surface area contributed by atoms with Gasteiger partial charge in [-0.2, -0.15) is 13.2 Å². The minimum absolute atomic E-state index is 0.161. The Balaban J connectivity index is 1.69. The van der Waals surface area contributed by atoms with Crippen LogP contribution >= 0.6 is 0 Å². The van der Waals surface area contributed by atoms with Crippen LogP contribution in [0.25, 0.3) is 11.0 Å². The Bertz CT molecular complexity index is 830. The van der Waals surface area contributed by atoms with E-state index in [2.05, 4.69) is 15.2 Å². The van der Waals surface area contributed by atoms with Crippen molar-refractivity contribution in [3.05, 3.63) is 29.6 Å². The number of alkyl halides is 3. The SMILES string of the molecule is CN(C)[C@H]1CCCN(C(=O)NCc2nc3cc(C(F)(F)F)ccc3n2C)C1. The Morgan fingerprint density at radius 1 is 1.37 bits per heavy atom. The van der Waals surface area contributed by atoms with Gasteiger partial charge in [0.25, 0.3) is 0 Å². The lowest BCUT2D eigenvalue weighted by Gasteiger charge is -2.36. The Morgan fingerprint density at radius 3 is 2.78 bits per heavy atom. The van der Waals surface area contributed by atoms with Gasteiger partial charge in [0.05, 0.1) is 23.1 Å². The lowest BCUT2D eigenvalue weighted by atomic mass is 10.1. The van der Waals surface area contributed by atoms with Gasteiger partial charge >= 0.3 is 12.2 Å². The van der Waals surface area contributed by atoms with Crippen LogP contribution in [-0.2, 0) is 19.8 Å². The number of carbonyl (C=O) groups excluding carboxylic acids is 1. The fourth-order valence-electron chi connectivity index (χ4n) is 3.41. The molecule has 3 rings (SSSR count). The number of rotatable bonds is 3. The number of urea groups is 1. The first-order valence-corrected chi connectivity index (χ1v) is 8.88. The van der Waals surface area contributed by atoms with Gasteiger partial charge in [-0.1, -0.05) is 0 Å². The fraction of sp³-hybridized carbons (Fsp3) is 0.556. The van der Waals surface area contributed by atoms with Crippen LogP contribution in [0.1, 0.15) is 24.2 Å². The second kappa shape index (κ2) is 7.38. The minimum atomic E-state index is -4.41. The van der Waals surface area contributed by atoms with Crippen molar-refractivity contribution >= 4 is 17.1 Å². The van der Waals surface area contributed by atoms with Crippen LogP contribution in [0.15, 0.2) is 18.2 Å². The van der Waals surface area contributed by atoms with Crippen molar-refractivity contribution in [1.29, 1.82) is 0 Å². The monoisotopic (exact) mass is 383 g/mol. The van der Waals surface area contributed by atoms with Crippen LogP contribution in [-0.4, -0.2) is 58.6 Å². The summed E-state index contributed by atoms with van der Waals surface area (Å²) in [5.41, 5.74) is 0.131. The maximum Gasteiger partial charge on any atom is 0.416 e. The van der Waals surface area contributed by atoms with Gasteiger partial charge in [-0.15, -0.1) is 0 Å². The lowest BCUT2D eigenvalue weighted by molar-refractivity contribution is -0.137. The molecule has 148 valence electrons. The lowest BCUT2D eigenvalue weighted by Crippen LogP contribution is -2.50. The van der Waals surface area contributed by atoms with Crippen LogP contribution in [0.3, 0.4) is 0 Å². The Kier molecular flexibility index (Phi) is 5.32. The minimum Gasteiger partial charge on any atom is -0.331 e. The number of nitrogens with zero attached hydrogens (tertiary/aromatic N) is 4. The van der Waals surface area contributed by atoms with E-state index in [4.69, 9.17) is 0 Å². The Morgan fingerprint density at radius 2 is 2.11 bits per heavy atom. The van der Waals surface area contributed by atoms with Crippen LogP contribution in [0.4, 0.5) is 18.0 Å². The molecule has 2 amide bonds. The van der Waals surface area contributed by atoms with Gasteiger partial charge in [0.2, 0.25) is 0 Å². The molecule has 1 aromatic carbocycles. The van der Waals surface area contributed by atoms with Crippen LogP contribution < -0.4 is 5.32 Å². The number of imidazole rings is 1. The highest BCUT2D eigenvalue weighted by Crippen LogP contribution is 2.31. The van der Waals surface area contributed by atoms with E-state index in [9.17, 15) is 18.0 Å². The topological polar surface area (TPSA) is 53.4 Å². The van der Waals surface area contributed by atoms with Crippen molar-refractivity contribution in [2.45, 2.75) is 31.6 Å². The predicted molar refractivity (Wildman–Crippen MR) is 96.2 cm³/mol. The maximum absolute atomic E-state index is 12.9. The van der Waals surface area contributed by atoms with Crippen LogP contribution in [0.5, 0.6) is 0 Å². The van der Waals surface area contributed by atoms with E-state index in [0.717, 1.165) is 25.0 Å². The first-order chi connectivity index (χ1) is 12.7. The number of hydrogen-bond acceptors (Lipinski definition) is 3. The first kappa shape index (κ1) is 19.5. The highest BCUT2D eigenvalue weighted by Gasteiger charge is 2.31. The predicted octanol–water partition coefficient (Wildman–Crippen LogP) is 2.83. The highest BCUT2D eigenvalue weighted by molar-refractivity contribution is 5.77. The summed E-state index contributed by atoms with van der Waals surface area (Å²) in [4.78, 5) is 20.6. The number of halogens is 3. The molecule has 1 saturated heterocycles. The molecule has 0 radical (unpaired) electrons. The summed E-state index contributed by atoms with van der Waals surface area (Å²) in [5.74, 6) is 0.513. The molecular formula is C18H24F3N5O. The van der Waals surface area contributed by atoms with Crippen molar-refractivity contribution in [2.75, 3.05) is 27.2 Å². The molecule has 27 heavy (non-hydrogen) atoms. The smallest absolute Gasteiger partial charge is 0.331 e. The molecule has 0 spiro atoms. The molecule has 2 heterocycles. The van der Waals surface area contributed by atoms with Crippen molar-refractivity contribution in [3.8, 4) is 0 Å². The molecule has 9 heteroatoms. The zero-order chi connectivity index (χ0) is 19.8. The Hall–Kier alpha value is -2.29. The summed E-state index contributed by atoms with van der Waals surface area (Å²) in [5, 5.41) is 2.84. The van der Waals surface area contributed by atoms with Crippen molar-refractivity contribution in [2.24, 2.45) is 7.05 Å². The standard InChI is InChI=1S/C18H24F3N5O/c1-24(2)13-5-4-8-26(11-13)17(27)22-10-16-23-14-9-12(18(19,20)21)6-7-15(14)25(16)3/h6-7,9,13H,4-5,8,10-11H2,1-3H3,(H,22,27)/t13-/m0/s1. The van der Waals surface area contributed by atoms with Gasteiger partial charge in [-0.05, 0) is 45.1 Å². The number of piperidine rings is 1. The quantitative estimate of drug-likeness (QED) is 0.887. The number of aryl methyl sites for hydroxylation is 1. The van der Waals surface area contributed by atoms with E-state index in [1.165, 1.54) is 6.07 Å². The third-order valence-corrected chi connectivity index (χ3v) is 5.11. The van der Waals surface area contributed by atoms with E-state index in [0.29, 0.717) is 30.5 Å². The Labute approximate surface area is 155 Å². The molecule has 0 bridgehead atoms. The first-order valence-electron chi connectivity index (χ1n) is 8.88. The molecule has 0 aliphatic carbocycles. The second-order valence-electron chi connectivity index (χ2n) is 7.15. The average Bonchev–Trinajstić information content (AvgIpc) is 2.94. The molecule has 1 aliphatic rings. The van der Waals surface area contributed by atoms with Gasteiger partial charge in [0.1, 0.15) is 5.82 Å². The number of likely N-dealkylation sites (N-methyl/N-ethyl adjacent to an activating group) is 1. The average molecular weight is 383 g/mol. The third-order valence-electron chi connectivity index (χ3n) is 5.11. The number of nitrogens with one attached hydrogen (secondary N) is 1. The van der Waals surface area contributed by atoms with Crippen molar-refractivity contribution in [1.82, 2.24) is 24.7 Å². The summed E-state index contributed by atoms with van der Waals surface area (Å²) >= 11 is 0. The zero-order valence-corrected chi connectivity index (χ0v) is 15.7. The van der Waals surface area contributed by atoms with Gasteiger partial charge in [-0.3, -0.25) is 0 Å². The highest BCUT2D eigenvalue weighted by atomic mass is 19.4. The molecular weight excluding hydrogens is 359 g/mol. The van der Waals surface area contributed by atoms with E-state index in [1.807, 2.05) is 14.1 Å². The van der Waals surface area contributed by atoms with Crippen molar-refractivity contribution < 1.29 is 18.0 Å². The molecule has 0 unspecified atom stereocenters. The van der Waals surface area contributed by atoms with Crippen LogP contribution in [0.2, 0.25) is 0 Å². The van der Waals surface area contributed by atoms with Gasteiger partial charge in [-0.25, -0.2) is 9.78 Å². The molecule has 2 aromatic rings. The summed E-state index contributed by atoms with van der Waals surface area (Å²) in [6, 6.07) is 3.64. The number of hydrogen-bond donors (Lipinski definition) is 1. The number of amides is 2. The summed E-state index contributed by atoms with van der Waals surface area (Å²) in [6.45, 7) is 1.53. The molecule has 0 saturated carbocycles. The van der Waals surface area contributed by atoms with Crippen LogP contribution in [0, 0.1) is 0 Å². The van der Waals surface area contributed by atoms with E-state index in [-0.39, 0.29) is 18.1 Å². The number of benzene rings is 1. The van der Waals surface area contributed by atoms with E-state index >= 15 is 0 Å². The number of carbonyl (C=O) groups is 1. The molecule has 1 atom stereocenters. The van der Waals surface area contributed by atoms with Gasteiger partial charge in [0, 0.05) is 26.2 Å². The largest absolute Gasteiger partial charge is 0.416 e. The third kappa shape index (κ3) is 4.18. The number of aromatic nitrogens is 2. The second-order valence-corrected chi connectivity index (χ2v) is 7.15. The normalized spacial score (nSPS) is 18.3.